The van der Waals surface area contributed by atoms with Gasteiger partial charge in [0.15, 0.2) is 0 Å². The van der Waals surface area contributed by atoms with Crippen molar-refractivity contribution in [3.63, 3.8) is 0 Å². The molecule has 0 spiro atoms. The van der Waals surface area contributed by atoms with Gasteiger partial charge in [-0.25, -0.2) is 9.97 Å². The van der Waals surface area contributed by atoms with Gasteiger partial charge in [-0.3, -0.25) is 4.79 Å². The summed E-state index contributed by atoms with van der Waals surface area (Å²) in [5.74, 6) is 1.18. The molecule has 9 nitrogen and oxygen atoms in total. The molecule has 160 valence electrons. The van der Waals surface area contributed by atoms with Gasteiger partial charge in [-0.05, 0) is 30.5 Å². The van der Waals surface area contributed by atoms with Gasteiger partial charge in [0.05, 0.1) is 18.7 Å². The molecule has 1 saturated heterocycles. The number of nitrogens with one attached hydrogen (secondary N) is 1. The van der Waals surface area contributed by atoms with Crippen molar-refractivity contribution in [3.05, 3.63) is 29.6 Å². The van der Waals surface area contributed by atoms with Crippen molar-refractivity contribution < 1.29 is 19.0 Å². The number of nitrogens with zero attached hydrogens (tertiary/aromatic N) is 3. The first-order valence-corrected chi connectivity index (χ1v) is 10.1. The van der Waals surface area contributed by atoms with E-state index in [-0.39, 0.29) is 12.5 Å². The number of nitrogen functional groups attached to an aromatic ring is 1. The monoisotopic (exact) mass is 413 g/mol. The first-order chi connectivity index (χ1) is 14.7. The minimum Gasteiger partial charge on any atom is -0.382 e. The molecule has 9 heteroatoms. The molecule has 2 aromatic heterocycles. The quantitative estimate of drug-likeness (QED) is 0.540. The van der Waals surface area contributed by atoms with Crippen LogP contribution < -0.4 is 5.73 Å². The highest BCUT2D eigenvalue weighted by Gasteiger charge is 2.16. The second-order valence-corrected chi connectivity index (χ2v) is 7.34. The molecule has 1 aliphatic rings. The predicted molar refractivity (Wildman–Crippen MR) is 113 cm³/mol. The lowest BCUT2D eigenvalue weighted by Crippen LogP contribution is -2.42. The van der Waals surface area contributed by atoms with Crippen molar-refractivity contribution in [2.45, 2.75) is 19.4 Å². The minimum absolute atomic E-state index is 0.0282. The third-order valence-electron chi connectivity index (χ3n) is 5.19. The van der Waals surface area contributed by atoms with Crippen LogP contribution in [0.25, 0.3) is 21.9 Å². The number of fused-ring (bicyclic) bond motifs is 3. The average Bonchev–Trinajstić information content (AvgIpc) is 3.19. The van der Waals surface area contributed by atoms with E-state index < -0.39 is 0 Å². The SMILES string of the molecule is COCc1nc2c([nH]1)c(N)nc1ccc(CCCOCC(=O)N3CCOCC3)cc12. The minimum atomic E-state index is 0.0282. The maximum atomic E-state index is 12.1. The number of ether oxygens (including phenoxy) is 3. The molecule has 0 saturated carbocycles. The van der Waals surface area contributed by atoms with Crippen LogP contribution in [0.3, 0.4) is 0 Å². The van der Waals surface area contributed by atoms with E-state index in [2.05, 4.69) is 21.0 Å². The van der Waals surface area contributed by atoms with E-state index in [1.807, 2.05) is 12.1 Å². The third-order valence-corrected chi connectivity index (χ3v) is 5.19. The largest absolute Gasteiger partial charge is 0.382 e. The summed E-state index contributed by atoms with van der Waals surface area (Å²) in [6.07, 6.45) is 1.66. The Labute approximate surface area is 174 Å². The Morgan fingerprint density at radius 1 is 1.30 bits per heavy atom. The van der Waals surface area contributed by atoms with Gasteiger partial charge in [-0.1, -0.05) is 6.07 Å². The van der Waals surface area contributed by atoms with Crippen LogP contribution in [0.2, 0.25) is 0 Å². The molecule has 1 fully saturated rings. The standard InChI is InChI=1S/C21H27N5O4/c1-28-12-17-24-19-15-11-14(4-5-16(15)23-21(22)20(19)25-17)3-2-8-30-13-18(27)26-6-9-29-10-7-26/h4-5,11H,2-3,6-10,12-13H2,1H3,(H2,22,23)(H,24,25). The van der Waals surface area contributed by atoms with E-state index in [0.717, 1.165) is 46.2 Å². The number of hydrogen-bond donors (Lipinski definition) is 2. The molecule has 3 aromatic rings. The maximum Gasteiger partial charge on any atom is 0.248 e. The van der Waals surface area contributed by atoms with E-state index >= 15 is 0 Å². The Morgan fingerprint density at radius 3 is 2.93 bits per heavy atom. The number of imidazole rings is 1. The molecule has 0 atom stereocenters. The van der Waals surface area contributed by atoms with Crippen LogP contribution in [-0.2, 0) is 32.0 Å². The van der Waals surface area contributed by atoms with Crippen LogP contribution in [0.4, 0.5) is 5.82 Å². The summed E-state index contributed by atoms with van der Waals surface area (Å²) in [5.41, 5.74) is 9.59. The zero-order chi connectivity index (χ0) is 20.9. The molecular formula is C21H27N5O4. The number of pyridine rings is 1. The first kappa shape index (κ1) is 20.5. The van der Waals surface area contributed by atoms with Crippen LogP contribution in [0.15, 0.2) is 18.2 Å². The van der Waals surface area contributed by atoms with Crippen LogP contribution in [0.5, 0.6) is 0 Å². The van der Waals surface area contributed by atoms with E-state index in [1.165, 1.54) is 0 Å². The Balaban J connectivity index is 1.36. The smallest absolute Gasteiger partial charge is 0.248 e. The molecule has 30 heavy (non-hydrogen) atoms. The zero-order valence-corrected chi connectivity index (χ0v) is 17.1. The highest BCUT2D eigenvalue weighted by Crippen LogP contribution is 2.27. The summed E-state index contributed by atoms with van der Waals surface area (Å²) in [6, 6.07) is 6.11. The number of aromatic nitrogens is 3. The summed E-state index contributed by atoms with van der Waals surface area (Å²) in [5, 5.41) is 0.957. The molecule has 0 unspecified atom stereocenters. The predicted octanol–water partition coefficient (Wildman–Crippen LogP) is 1.65. The van der Waals surface area contributed by atoms with Crippen molar-refractivity contribution in [1.82, 2.24) is 19.9 Å². The lowest BCUT2D eigenvalue weighted by atomic mass is 10.1. The fourth-order valence-corrected chi connectivity index (χ4v) is 3.66. The molecule has 0 aliphatic carbocycles. The van der Waals surface area contributed by atoms with Crippen molar-refractivity contribution in [3.8, 4) is 0 Å². The summed E-state index contributed by atoms with van der Waals surface area (Å²) in [4.78, 5) is 26.2. The summed E-state index contributed by atoms with van der Waals surface area (Å²) < 4.78 is 16.0. The average molecular weight is 413 g/mol. The normalized spacial score (nSPS) is 14.6. The number of H-pyrrole nitrogens is 1. The number of carbonyl (C=O) groups is 1. The van der Waals surface area contributed by atoms with Crippen LogP contribution in [-0.4, -0.2) is 72.4 Å². The number of aromatic amines is 1. The number of benzene rings is 1. The number of carbonyl (C=O) groups excluding carboxylic acids is 1. The molecular weight excluding hydrogens is 386 g/mol. The number of nitrogens with two attached hydrogens (primary N) is 1. The van der Waals surface area contributed by atoms with Crippen molar-refractivity contribution in [2.75, 3.05) is 52.4 Å². The Hall–Kier alpha value is -2.75. The number of rotatable bonds is 8. The van der Waals surface area contributed by atoms with Crippen molar-refractivity contribution in [1.29, 1.82) is 0 Å². The van der Waals surface area contributed by atoms with E-state index in [0.29, 0.717) is 45.3 Å². The second kappa shape index (κ2) is 9.38. The van der Waals surface area contributed by atoms with Crippen LogP contribution in [0, 0.1) is 0 Å². The lowest BCUT2D eigenvalue weighted by Gasteiger charge is -2.26. The summed E-state index contributed by atoms with van der Waals surface area (Å²) in [7, 11) is 1.63. The van der Waals surface area contributed by atoms with E-state index in [4.69, 9.17) is 19.9 Å². The van der Waals surface area contributed by atoms with Crippen molar-refractivity contribution in [2.24, 2.45) is 0 Å². The first-order valence-electron chi connectivity index (χ1n) is 10.1. The van der Waals surface area contributed by atoms with Crippen LogP contribution in [0.1, 0.15) is 17.8 Å². The van der Waals surface area contributed by atoms with Gasteiger partial charge >= 0.3 is 0 Å². The van der Waals surface area contributed by atoms with Crippen LogP contribution >= 0.6 is 0 Å². The second-order valence-electron chi connectivity index (χ2n) is 7.34. The number of aryl methyl sites for hydroxylation is 1. The van der Waals surface area contributed by atoms with Crippen molar-refractivity contribution >= 4 is 33.7 Å². The van der Waals surface area contributed by atoms with Gasteiger partial charge in [-0.15, -0.1) is 0 Å². The summed E-state index contributed by atoms with van der Waals surface area (Å²) in [6.45, 7) is 3.53. The number of anilines is 1. The van der Waals surface area contributed by atoms with Gasteiger partial charge in [0.25, 0.3) is 0 Å². The van der Waals surface area contributed by atoms with Gasteiger partial charge in [-0.2, -0.15) is 0 Å². The fourth-order valence-electron chi connectivity index (χ4n) is 3.66. The van der Waals surface area contributed by atoms with E-state index in [9.17, 15) is 4.79 Å². The molecule has 1 aromatic carbocycles. The third kappa shape index (κ3) is 4.53. The van der Waals surface area contributed by atoms with E-state index in [1.54, 1.807) is 12.0 Å². The Morgan fingerprint density at radius 2 is 2.13 bits per heavy atom. The molecule has 0 bridgehead atoms. The molecule has 3 N–H and O–H groups in total. The maximum absolute atomic E-state index is 12.1. The highest BCUT2D eigenvalue weighted by molar-refractivity contribution is 6.06. The Kier molecular flexibility index (Phi) is 6.41. The number of amides is 1. The van der Waals surface area contributed by atoms with Gasteiger partial charge < -0.3 is 29.8 Å². The Bertz CT molecular complexity index is 1030. The fraction of sp³-hybridized carbons (Fsp3) is 0.476. The number of hydrogen-bond acceptors (Lipinski definition) is 7. The van der Waals surface area contributed by atoms with Gasteiger partial charge in [0.2, 0.25) is 5.91 Å². The summed E-state index contributed by atoms with van der Waals surface area (Å²) >= 11 is 0. The highest BCUT2D eigenvalue weighted by atomic mass is 16.5. The zero-order valence-electron chi connectivity index (χ0n) is 17.1. The molecule has 1 aliphatic heterocycles. The van der Waals surface area contributed by atoms with Gasteiger partial charge in [0.1, 0.15) is 35.9 Å². The molecule has 0 radical (unpaired) electrons. The molecule has 3 heterocycles. The number of morpholine rings is 1. The van der Waals surface area contributed by atoms with Gasteiger partial charge in [0, 0.05) is 32.2 Å². The molecule has 1 amide bonds. The number of methoxy groups -OCH3 is 1. The topological polar surface area (TPSA) is 116 Å². The molecule has 4 rings (SSSR count). The lowest BCUT2D eigenvalue weighted by molar-refractivity contribution is -0.140.